The summed E-state index contributed by atoms with van der Waals surface area (Å²) in [5, 5.41) is 20.3. The van der Waals surface area contributed by atoms with Gasteiger partial charge in [-0.3, -0.25) is 10.2 Å². The van der Waals surface area contributed by atoms with E-state index in [0.717, 1.165) is 11.1 Å². The number of sulfonamides is 1. The predicted molar refractivity (Wildman–Crippen MR) is 138 cm³/mol. The molecule has 1 atom stereocenters. The number of anilines is 3. The van der Waals surface area contributed by atoms with E-state index in [0.29, 0.717) is 28.4 Å². The van der Waals surface area contributed by atoms with Gasteiger partial charge in [-0.25, -0.2) is 13.6 Å². The Morgan fingerprint density at radius 2 is 1.78 bits per heavy atom. The molecule has 0 saturated heterocycles. The summed E-state index contributed by atoms with van der Waals surface area (Å²) < 4.78 is 29.4. The monoisotopic (exact) mass is 501 g/mol. The molecule has 0 aliphatic carbocycles. The molecule has 4 aromatic rings. The molecule has 182 valence electrons. The molecule has 1 aromatic heterocycles. The van der Waals surface area contributed by atoms with E-state index in [1.54, 1.807) is 23.1 Å². The highest BCUT2D eigenvalue weighted by Gasteiger charge is 2.34. The van der Waals surface area contributed by atoms with Crippen LogP contribution in [0.5, 0.6) is 0 Å². The van der Waals surface area contributed by atoms with Crippen LogP contribution in [0.1, 0.15) is 24.2 Å². The highest BCUT2D eigenvalue weighted by Crippen LogP contribution is 2.38. The second-order valence-electron chi connectivity index (χ2n) is 8.36. The van der Waals surface area contributed by atoms with Gasteiger partial charge in [0.25, 0.3) is 0 Å². The highest BCUT2D eigenvalue weighted by molar-refractivity contribution is 7.89. The molecule has 0 fully saturated rings. The third-order valence-electron chi connectivity index (χ3n) is 5.85. The first-order valence-electron chi connectivity index (χ1n) is 11.0. The maximum atomic E-state index is 12.0. The van der Waals surface area contributed by atoms with Crippen molar-refractivity contribution >= 4 is 39.0 Å². The number of carbonyl (C=O) groups excluding carboxylic acids is 1. The lowest BCUT2D eigenvalue weighted by atomic mass is 10.0. The van der Waals surface area contributed by atoms with Gasteiger partial charge in [-0.15, -0.1) is 0 Å². The maximum Gasteiger partial charge on any atom is 0.238 e. The van der Waals surface area contributed by atoms with E-state index in [9.17, 15) is 13.2 Å². The van der Waals surface area contributed by atoms with E-state index >= 15 is 0 Å². The molecule has 10 heteroatoms. The Morgan fingerprint density at radius 1 is 1.03 bits per heavy atom. The molecular weight excluding hydrogens is 478 g/mol. The Labute approximate surface area is 208 Å². The summed E-state index contributed by atoms with van der Waals surface area (Å²) in [5.41, 5.74) is 4.45. The molecule has 0 radical (unpaired) electrons. The average molecular weight is 502 g/mol. The van der Waals surface area contributed by atoms with Gasteiger partial charge in [-0.1, -0.05) is 36.4 Å². The number of nitrogens with one attached hydrogen (secondary N) is 3. The number of carbonyl (C=O) groups is 1. The van der Waals surface area contributed by atoms with Crippen LogP contribution in [0.15, 0.2) is 94.4 Å². The van der Waals surface area contributed by atoms with E-state index in [2.05, 4.69) is 10.6 Å². The number of nitrogens with two attached hydrogens (primary N) is 1. The molecule has 0 spiro atoms. The average Bonchev–Trinajstić information content (AvgIpc) is 3.33. The normalized spacial score (nSPS) is 15.2. The lowest BCUT2D eigenvalue weighted by Gasteiger charge is -2.38. The van der Waals surface area contributed by atoms with E-state index in [1.165, 1.54) is 25.3 Å². The third-order valence-corrected chi connectivity index (χ3v) is 6.76. The predicted octanol–water partition coefficient (Wildman–Crippen LogP) is 4.51. The van der Waals surface area contributed by atoms with Crippen LogP contribution >= 0.6 is 0 Å². The zero-order chi connectivity index (χ0) is 25.4. The minimum Gasteiger partial charge on any atom is -0.448 e. The molecule has 2 heterocycles. The van der Waals surface area contributed by atoms with Gasteiger partial charge >= 0.3 is 0 Å². The summed E-state index contributed by atoms with van der Waals surface area (Å²) in [6.45, 7) is 1.46. The van der Waals surface area contributed by atoms with Crippen molar-refractivity contribution in [2.24, 2.45) is 5.14 Å². The minimum absolute atomic E-state index is 0.0204. The van der Waals surface area contributed by atoms with Gasteiger partial charge < -0.3 is 20.0 Å². The van der Waals surface area contributed by atoms with Crippen molar-refractivity contribution < 1.29 is 17.6 Å². The fraction of sp³-hybridized carbons (Fsp3) is 0.0769. The van der Waals surface area contributed by atoms with Crippen LogP contribution in [0.2, 0.25) is 0 Å². The lowest BCUT2D eigenvalue weighted by molar-refractivity contribution is -0.114. The zero-order valence-corrected chi connectivity index (χ0v) is 20.0. The SMILES string of the molecule is CC(=O)Nc1cccc(-c2ccc(N3C(=N)c4ccoc4NC3c3cccc(S(N)(=O)=O)c3)cc2)c1. The van der Waals surface area contributed by atoms with Crippen molar-refractivity contribution in [3.63, 3.8) is 0 Å². The molecule has 0 saturated carbocycles. The Kier molecular flexibility index (Phi) is 5.83. The van der Waals surface area contributed by atoms with Crippen LogP contribution in [-0.4, -0.2) is 20.2 Å². The molecule has 5 rings (SSSR count). The molecule has 3 aromatic carbocycles. The molecule has 0 bridgehead atoms. The van der Waals surface area contributed by atoms with Crippen LogP contribution in [0, 0.1) is 5.41 Å². The zero-order valence-electron chi connectivity index (χ0n) is 19.2. The van der Waals surface area contributed by atoms with Crippen LogP contribution in [0.25, 0.3) is 11.1 Å². The van der Waals surface area contributed by atoms with Crippen LogP contribution in [0.3, 0.4) is 0 Å². The molecule has 36 heavy (non-hydrogen) atoms. The van der Waals surface area contributed by atoms with Gasteiger partial charge in [0.15, 0.2) is 0 Å². The summed E-state index contributed by atoms with van der Waals surface area (Å²) in [4.78, 5) is 13.2. The van der Waals surface area contributed by atoms with Crippen molar-refractivity contribution in [1.29, 1.82) is 5.41 Å². The quantitative estimate of drug-likeness (QED) is 0.317. The van der Waals surface area contributed by atoms with Gasteiger partial charge in [-0.2, -0.15) is 0 Å². The van der Waals surface area contributed by atoms with E-state index in [-0.39, 0.29) is 16.6 Å². The first-order valence-corrected chi connectivity index (χ1v) is 12.6. The minimum atomic E-state index is -3.91. The molecule has 1 unspecified atom stereocenters. The van der Waals surface area contributed by atoms with E-state index in [1.807, 2.05) is 48.5 Å². The first kappa shape index (κ1) is 23.3. The van der Waals surface area contributed by atoms with Crippen molar-refractivity contribution in [2.75, 3.05) is 15.5 Å². The number of fused-ring (bicyclic) bond motifs is 1. The second kappa shape index (κ2) is 8.99. The van der Waals surface area contributed by atoms with Gasteiger partial charge in [0.2, 0.25) is 21.8 Å². The smallest absolute Gasteiger partial charge is 0.238 e. The maximum absolute atomic E-state index is 12.0. The summed E-state index contributed by atoms with van der Waals surface area (Å²) in [6, 6.07) is 23.2. The number of rotatable bonds is 5. The molecule has 1 aliphatic heterocycles. The Balaban J connectivity index is 1.54. The van der Waals surface area contributed by atoms with Gasteiger partial charge in [0.05, 0.1) is 16.7 Å². The Morgan fingerprint density at radius 3 is 2.50 bits per heavy atom. The largest absolute Gasteiger partial charge is 0.448 e. The van der Waals surface area contributed by atoms with Crippen molar-refractivity contribution in [3.8, 4) is 11.1 Å². The van der Waals surface area contributed by atoms with Crippen LogP contribution < -0.4 is 20.7 Å². The molecule has 1 aliphatic rings. The number of amidine groups is 1. The summed E-state index contributed by atoms with van der Waals surface area (Å²) >= 11 is 0. The van der Waals surface area contributed by atoms with Crippen LogP contribution in [-0.2, 0) is 14.8 Å². The number of benzene rings is 3. The Bertz CT molecular complexity index is 1580. The number of hydrogen-bond donors (Lipinski definition) is 4. The number of nitrogens with zero attached hydrogens (tertiary/aromatic N) is 1. The number of primary sulfonamides is 1. The fourth-order valence-corrected chi connectivity index (χ4v) is 4.79. The summed E-state index contributed by atoms with van der Waals surface area (Å²) in [6.07, 6.45) is 0.880. The number of furan rings is 1. The standard InChI is InChI=1S/C26H23N5O4S/c1-16(32)29-20-6-2-4-18(14-20)17-8-10-21(11-9-17)31-24(27)23-12-13-35-26(23)30-25(31)19-5-3-7-22(15-19)36(28,33)34/h2-15,25,27,30H,1H3,(H,29,32)(H2,28,33,34). The van der Waals surface area contributed by atoms with E-state index in [4.69, 9.17) is 15.0 Å². The lowest BCUT2D eigenvalue weighted by Crippen LogP contribution is -2.42. The molecule has 9 nitrogen and oxygen atoms in total. The van der Waals surface area contributed by atoms with Gasteiger partial charge in [0, 0.05) is 18.3 Å². The molecule has 5 N–H and O–H groups in total. The fourth-order valence-electron chi connectivity index (χ4n) is 4.22. The van der Waals surface area contributed by atoms with Crippen molar-refractivity contribution in [2.45, 2.75) is 18.0 Å². The highest BCUT2D eigenvalue weighted by atomic mass is 32.2. The molecule has 1 amide bonds. The summed E-state index contributed by atoms with van der Waals surface area (Å²) in [7, 11) is -3.91. The van der Waals surface area contributed by atoms with Gasteiger partial charge in [-0.05, 0) is 59.2 Å². The Hall–Kier alpha value is -4.41. The van der Waals surface area contributed by atoms with Crippen molar-refractivity contribution in [1.82, 2.24) is 0 Å². The third kappa shape index (κ3) is 4.47. The van der Waals surface area contributed by atoms with Crippen LogP contribution in [0.4, 0.5) is 17.3 Å². The second-order valence-corrected chi connectivity index (χ2v) is 9.92. The van der Waals surface area contributed by atoms with E-state index < -0.39 is 16.2 Å². The number of amides is 1. The van der Waals surface area contributed by atoms with Crippen molar-refractivity contribution in [3.05, 3.63) is 96.3 Å². The summed E-state index contributed by atoms with van der Waals surface area (Å²) in [5.74, 6) is 0.479. The molecular formula is C26H23N5O4S. The van der Waals surface area contributed by atoms with Gasteiger partial charge in [0.1, 0.15) is 12.0 Å². The topological polar surface area (TPSA) is 142 Å². The first-order chi connectivity index (χ1) is 17.2. The number of hydrogen-bond acceptors (Lipinski definition) is 6.